The number of hydrogen-bond donors (Lipinski definition) is 0. The van der Waals surface area contributed by atoms with Crippen molar-refractivity contribution >= 4 is 55.1 Å². The van der Waals surface area contributed by atoms with Gasteiger partial charge in [0.15, 0.2) is 0 Å². The summed E-state index contributed by atoms with van der Waals surface area (Å²) in [5.74, 6) is 0. The molecular formula is C39H34Cl2Zr. The van der Waals surface area contributed by atoms with E-state index in [2.05, 4.69) is 166 Å². The van der Waals surface area contributed by atoms with Gasteiger partial charge >= 0.3 is 99.2 Å². The normalized spacial score (nSPS) is 11.3. The Morgan fingerprint density at radius 1 is 0.595 bits per heavy atom. The molecule has 0 saturated heterocycles. The van der Waals surface area contributed by atoms with Gasteiger partial charge in [-0.2, -0.15) is 17.7 Å². The number of halogens is 2. The summed E-state index contributed by atoms with van der Waals surface area (Å²) in [5.41, 5.74) is 7.96. The van der Waals surface area contributed by atoms with Crippen LogP contribution in [0.4, 0.5) is 0 Å². The third-order valence-electron chi connectivity index (χ3n) is 7.09. The molecule has 6 aromatic rings. The maximum absolute atomic E-state index is 3.36. The molecule has 1 aliphatic carbocycles. The van der Waals surface area contributed by atoms with Crippen molar-refractivity contribution in [3.63, 3.8) is 0 Å². The molecule has 0 atom stereocenters. The molecule has 0 nitrogen and oxygen atoms in total. The van der Waals surface area contributed by atoms with Crippen LogP contribution in [-0.4, -0.2) is 3.21 Å². The minimum absolute atomic E-state index is 0. The first-order valence-corrected chi connectivity index (χ1v) is 14.9. The van der Waals surface area contributed by atoms with Crippen molar-refractivity contribution in [1.29, 1.82) is 0 Å². The van der Waals surface area contributed by atoms with Crippen LogP contribution in [0.1, 0.15) is 34.2 Å². The summed E-state index contributed by atoms with van der Waals surface area (Å²) in [7, 11) is 0. The molecule has 0 amide bonds. The minimum Gasteiger partial charge on any atom is -0.126 e. The molecule has 0 aromatic heterocycles. The van der Waals surface area contributed by atoms with E-state index in [0.29, 0.717) is 0 Å². The molecule has 208 valence electrons. The second-order valence-electron chi connectivity index (χ2n) is 9.89. The molecule has 0 radical (unpaired) electrons. The van der Waals surface area contributed by atoms with E-state index in [-0.39, 0.29) is 24.8 Å². The predicted octanol–water partition coefficient (Wildman–Crippen LogP) is 10.8. The maximum atomic E-state index is 3.36. The van der Waals surface area contributed by atoms with Gasteiger partial charge in [0.05, 0.1) is 0 Å². The van der Waals surface area contributed by atoms with E-state index in [0.717, 1.165) is 6.42 Å². The molecule has 42 heavy (non-hydrogen) atoms. The van der Waals surface area contributed by atoms with Gasteiger partial charge in [0.2, 0.25) is 0 Å². The summed E-state index contributed by atoms with van der Waals surface area (Å²) in [4.78, 5) is 0. The van der Waals surface area contributed by atoms with Crippen LogP contribution in [0, 0.1) is 19.9 Å². The van der Waals surface area contributed by atoms with Crippen LogP contribution >= 0.6 is 24.8 Å². The van der Waals surface area contributed by atoms with Crippen LogP contribution in [0.2, 0.25) is 0 Å². The quantitative estimate of drug-likeness (QED) is 0.165. The van der Waals surface area contributed by atoms with Crippen molar-refractivity contribution in [2.45, 2.75) is 20.3 Å². The van der Waals surface area contributed by atoms with E-state index in [1.165, 1.54) is 82.4 Å². The van der Waals surface area contributed by atoms with E-state index in [4.69, 9.17) is 0 Å². The first kappa shape index (κ1) is 33.3. The van der Waals surface area contributed by atoms with E-state index < -0.39 is 0 Å². The van der Waals surface area contributed by atoms with E-state index in [1.54, 1.807) is 0 Å². The van der Waals surface area contributed by atoms with Gasteiger partial charge in [-0.25, -0.2) is 0 Å². The monoisotopic (exact) mass is 662 g/mol. The molecule has 0 aliphatic heterocycles. The van der Waals surface area contributed by atoms with E-state index in [1.807, 2.05) is 0 Å². The molecule has 0 spiro atoms. The fourth-order valence-electron chi connectivity index (χ4n) is 5.10. The SMILES string of the molecule is Cc1cccc(C)c1C1=[C-]CC=C1.Cl.Cl.[Zr+2]=[C](c1ccccc1)c1ccccc1.c1ccc2c(c1)[cH-]c1ccccc12. The number of aryl methyl sites for hydroxylation is 2. The summed E-state index contributed by atoms with van der Waals surface area (Å²) in [6.07, 6.45) is 8.64. The number of allylic oxidation sites excluding steroid dienone is 4. The standard InChI is InChI=1S/C13H9.C13H13.C13H10.2ClH.Zr/c1-3-7-12-10(5-1)9-11-6-2-4-8-13(11)12;1-10-6-5-7-11(2)13(10)12-8-3-4-9-12;1-3-7-12(8-4-1)11-13-9-5-2-6-10-13;;;/h1-9H;3,5-8H,4H2,1-2H3;1-10H;2*1H;/q2*-1;;;;+2. The second-order valence-corrected chi connectivity index (χ2v) is 11.1. The number of hydrogen-bond acceptors (Lipinski definition) is 0. The Balaban J connectivity index is 0.000000169. The van der Waals surface area contributed by atoms with Crippen molar-refractivity contribution in [3.05, 3.63) is 180 Å². The van der Waals surface area contributed by atoms with Gasteiger partial charge in [-0.1, -0.05) is 86.0 Å². The summed E-state index contributed by atoms with van der Waals surface area (Å²) >= 11 is 1.46. The van der Waals surface area contributed by atoms with Crippen LogP contribution in [0.5, 0.6) is 0 Å². The van der Waals surface area contributed by atoms with Crippen LogP contribution in [0.15, 0.2) is 146 Å². The van der Waals surface area contributed by atoms with Crippen molar-refractivity contribution < 1.29 is 24.2 Å². The maximum Gasteiger partial charge on any atom is -0.0771 e. The average Bonchev–Trinajstić information content (AvgIpc) is 3.67. The molecule has 0 unspecified atom stereocenters. The Bertz CT molecular complexity index is 1680. The van der Waals surface area contributed by atoms with Gasteiger partial charge < -0.3 is 0 Å². The summed E-state index contributed by atoms with van der Waals surface area (Å²) in [5, 5.41) is 5.39. The van der Waals surface area contributed by atoms with E-state index in [9.17, 15) is 0 Å². The number of benzene rings is 5. The summed E-state index contributed by atoms with van der Waals surface area (Å²) in [6, 6.07) is 46.8. The molecule has 0 heterocycles. The zero-order valence-electron chi connectivity index (χ0n) is 23.9. The first-order chi connectivity index (χ1) is 19.6. The molecule has 7 rings (SSSR count). The Labute approximate surface area is 277 Å². The molecular weight excluding hydrogens is 631 g/mol. The average molecular weight is 665 g/mol. The van der Waals surface area contributed by atoms with E-state index >= 15 is 0 Å². The molecule has 0 saturated carbocycles. The zero-order valence-corrected chi connectivity index (χ0v) is 28.0. The Hall–Kier alpha value is -3.22. The molecule has 0 fully saturated rings. The molecule has 0 N–H and O–H groups in total. The third-order valence-corrected chi connectivity index (χ3v) is 8.51. The molecule has 1 aliphatic rings. The van der Waals surface area contributed by atoms with Crippen molar-refractivity contribution in [1.82, 2.24) is 0 Å². The van der Waals surface area contributed by atoms with Gasteiger partial charge in [-0.3, -0.25) is 0 Å². The van der Waals surface area contributed by atoms with Crippen LogP contribution in [0.25, 0.3) is 27.1 Å². The third kappa shape index (κ3) is 8.20. The van der Waals surface area contributed by atoms with Crippen LogP contribution in [0.3, 0.4) is 0 Å². The summed E-state index contributed by atoms with van der Waals surface area (Å²) in [6.45, 7) is 4.31. The van der Waals surface area contributed by atoms with Crippen molar-refractivity contribution in [2.24, 2.45) is 0 Å². The van der Waals surface area contributed by atoms with Gasteiger partial charge in [-0.05, 0) is 0 Å². The largest absolute Gasteiger partial charge is 0.126 e. The van der Waals surface area contributed by atoms with Crippen LogP contribution < -0.4 is 0 Å². The van der Waals surface area contributed by atoms with Crippen molar-refractivity contribution in [2.75, 3.05) is 0 Å². The molecule has 6 aromatic carbocycles. The smallest absolute Gasteiger partial charge is 0.0771 e. The molecule has 3 heteroatoms. The Morgan fingerprint density at radius 2 is 1.05 bits per heavy atom. The molecule has 0 bridgehead atoms. The fraction of sp³-hybridized carbons (Fsp3) is 0.0769. The predicted molar refractivity (Wildman–Crippen MR) is 184 cm³/mol. The Kier molecular flexibility index (Phi) is 13.0. The minimum atomic E-state index is 0. The van der Waals surface area contributed by atoms with Gasteiger partial charge in [-0.15, -0.1) is 76.2 Å². The van der Waals surface area contributed by atoms with Crippen LogP contribution in [-0.2, 0) is 24.2 Å². The zero-order chi connectivity index (χ0) is 27.7. The number of fused-ring (bicyclic) bond motifs is 3. The summed E-state index contributed by atoms with van der Waals surface area (Å²) < 4.78 is 1.42. The van der Waals surface area contributed by atoms with Gasteiger partial charge in [0.25, 0.3) is 0 Å². The number of rotatable bonds is 3. The fourth-order valence-corrected chi connectivity index (χ4v) is 5.92. The topological polar surface area (TPSA) is 0 Å². The second kappa shape index (κ2) is 16.4. The Morgan fingerprint density at radius 3 is 1.50 bits per heavy atom. The van der Waals surface area contributed by atoms with Gasteiger partial charge in [0.1, 0.15) is 0 Å². The van der Waals surface area contributed by atoms with Gasteiger partial charge in [0, 0.05) is 0 Å². The first-order valence-electron chi connectivity index (χ1n) is 13.7. The van der Waals surface area contributed by atoms with Crippen molar-refractivity contribution in [3.8, 4) is 0 Å².